The molecule has 0 spiro atoms. The Morgan fingerprint density at radius 3 is 2.72 bits per heavy atom. The molecule has 0 aliphatic carbocycles. The number of aromatic nitrogens is 4. The molecule has 3 aromatic rings. The maximum absolute atomic E-state index is 13.0. The third-order valence-corrected chi connectivity index (χ3v) is 5.31. The predicted octanol–water partition coefficient (Wildman–Crippen LogP) is 2.84. The molecule has 3 heterocycles. The summed E-state index contributed by atoms with van der Waals surface area (Å²) in [5.41, 5.74) is 0.707. The highest BCUT2D eigenvalue weighted by atomic mass is 16.4. The lowest BCUT2D eigenvalue weighted by atomic mass is 9.96. The van der Waals surface area contributed by atoms with Crippen LogP contribution in [0.3, 0.4) is 0 Å². The summed E-state index contributed by atoms with van der Waals surface area (Å²) < 4.78 is 8.83. The second-order valence-electron chi connectivity index (χ2n) is 7.71. The van der Waals surface area contributed by atoms with Crippen LogP contribution < -0.4 is 5.69 Å². The first kappa shape index (κ1) is 19.2. The lowest BCUT2D eigenvalue weighted by Crippen LogP contribution is -2.40. The second-order valence-corrected chi connectivity index (χ2v) is 7.71. The van der Waals surface area contributed by atoms with Crippen LogP contribution in [0.15, 0.2) is 45.7 Å². The summed E-state index contributed by atoms with van der Waals surface area (Å²) in [5, 5.41) is 4.46. The fraction of sp³-hybridized carbons (Fsp3) is 0.429. The molecule has 0 N–H and O–H groups in total. The number of carbonyl (C=O) groups excluding carboxylic acids is 1. The number of amides is 1. The smallest absolute Gasteiger partial charge is 0.345 e. The highest BCUT2D eigenvalue weighted by molar-refractivity contribution is 5.91. The van der Waals surface area contributed by atoms with Crippen LogP contribution in [0.1, 0.15) is 55.0 Å². The fourth-order valence-electron chi connectivity index (χ4n) is 3.88. The summed E-state index contributed by atoms with van der Waals surface area (Å²) in [5.74, 6) is 1.24. The van der Waals surface area contributed by atoms with Crippen molar-refractivity contribution in [1.82, 2.24) is 24.2 Å². The zero-order chi connectivity index (χ0) is 20.5. The Morgan fingerprint density at radius 2 is 2.00 bits per heavy atom. The molecule has 8 heteroatoms. The van der Waals surface area contributed by atoms with Crippen LogP contribution in [-0.2, 0) is 7.05 Å². The third kappa shape index (κ3) is 3.62. The molecule has 2 aromatic heterocycles. The number of benzene rings is 1. The van der Waals surface area contributed by atoms with E-state index in [1.807, 2.05) is 44.2 Å². The monoisotopic (exact) mass is 395 g/mol. The van der Waals surface area contributed by atoms with Crippen molar-refractivity contribution >= 4 is 5.91 Å². The second kappa shape index (κ2) is 7.69. The van der Waals surface area contributed by atoms with Gasteiger partial charge in [-0.25, -0.2) is 14.5 Å². The number of likely N-dealkylation sites (tertiary alicyclic amines) is 1. The predicted molar refractivity (Wildman–Crippen MR) is 108 cm³/mol. The van der Waals surface area contributed by atoms with Gasteiger partial charge in [0.15, 0.2) is 0 Å². The van der Waals surface area contributed by atoms with Crippen LogP contribution in [0.4, 0.5) is 0 Å². The van der Waals surface area contributed by atoms with Crippen molar-refractivity contribution in [1.29, 1.82) is 0 Å². The van der Waals surface area contributed by atoms with Crippen molar-refractivity contribution in [2.45, 2.75) is 38.6 Å². The Labute approximate surface area is 168 Å². The molecule has 1 fully saturated rings. The molecular formula is C21H25N5O3. The van der Waals surface area contributed by atoms with E-state index in [0.717, 1.165) is 24.2 Å². The minimum Gasteiger partial charge on any atom is -0.431 e. The van der Waals surface area contributed by atoms with Gasteiger partial charge in [0.25, 0.3) is 5.91 Å². The largest absolute Gasteiger partial charge is 0.431 e. The van der Waals surface area contributed by atoms with Gasteiger partial charge in [-0.05, 0) is 38.8 Å². The Kier molecular flexibility index (Phi) is 5.08. The number of carbonyl (C=O) groups is 1. The van der Waals surface area contributed by atoms with Gasteiger partial charge in [-0.2, -0.15) is 5.10 Å². The van der Waals surface area contributed by atoms with Crippen molar-refractivity contribution in [3.63, 3.8) is 0 Å². The maximum Gasteiger partial charge on any atom is 0.345 e. The van der Waals surface area contributed by atoms with Crippen molar-refractivity contribution in [2.75, 3.05) is 13.1 Å². The number of hydrogen-bond donors (Lipinski definition) is 0. The molecule has 8 nitrogen and oxygen atoms in total. The highest BCUT2D eigenvalue weighted by Crippen LogP contribution is 2.28. The summed E-state index contributed by atoms with van der Waals surface area (Å²) in [6.07, 6.45) is 3.22. The van der Waals surface area contributed by atoms with E-state index in [4.69, 9.17) is 4.42 Å². The molecule has 1 aromatic carbocycles. The number of rotatable bonds is 4. The quantitative estimate of drug-likeness (QED) is 0.678. The Hall–Kier alpha value is -3.16. The summed E-state index contributed by atoms with van der Waals surface area (Å²) >= 11 is 0. The lowest BCUT2D eigenvalue weighted by Gasteiger charge is -2.32. The van der Waals surface area contributed by atoms with Crippen LogP contribution in [0.2, 0.25) is 0 Å². The van der Waals surface area contributed by atoms with Gasteiger partial charge in [-0.3, -0.25) is 9.36 Å². The van der Waals surface area contributed by atoms with E-state index in [1.165, 1.54) is 10.9 Å². The molecule has 1 unspecified atom stereocenters. The van der Waals surface area contributed by atoms with Crippen LogP contribution in [-0.4, -0.2) is 43.2 Å². The Balaban J connectivity index is 1.55. The van der Waals surface area contributed by atoms with Gasteiger partial charge >= 0.3 is 5.69 Å². The molecule has 29 heavy (non-hydrogen) atoms. The van der Waals surface area contributed by atoms with Gasteiger partial charge in [0.05, 0.1) is 6.20 Å². The standard InChI is InChI=1S/C21H25N5O3/c1-14(2)26-18(23-24(3)21(26)28)16-10-7-11-25(13-16)20(27)17-12-22-19(29-17)15-8-5-4-6-9-15/h4-6,8-9,12,14,16H,7,10-11,13H2,1-3H3. The van der Waals surface area contributed by atoms with Crippen molar-refractivity contribution in [3.8, 4) is 11.5 Å². The maximum atomic E-state index is 13.0. The zero-order valence-corrected chi connectivity index (χ0v) is 16.9. The number of nitrogens with zero attached hydrogens (tertiary/aromatic N) is 5. The van der Waals surface area contributed by atoms with Gasteiger partial charge in [-0.15, -0.1) is 0 Å². The molecule has 1 aliphatic rings. The van der Waals surface area contributed by atoms with Crippen LogP contribution >= 0.6 is 0 Å². The van der Waals surface area contributed by atoms with Gasteiger partial charge in [0.1, 0.15) is 5.82 Å². The summed E-state index contributed by atoms with van der Waals surface area (Å²) in [4.78, 5) is 31.4. The lowest BCUT2D eigenvalue weighted by molar-refractivity contribution is 0.0671. The van der Waals surface area contributed by atoms with Gasteiger partial charge in [-0.1, -0.05) is 18.2 Å². The number of piperidine rings is 1. The average molecular weight is 395 g/mol. The fourth-order valence-corrected chi connectivity index (χ4v) is 3.88. The normalized spacial score (nSPS) is 17.1. The van der Waals surface area contributed by atoms with E-state index >= 15 is 0 Å². The van der Waals surface area contributed by atoms with E-state index in [2.05, 4.69) is 10.1 Å². The molecular weight excluding hydrogens is 370 g/mol. The Bertz CT molecular complexity index is 1060. The molecule has 1 saturated heterocycles. The Morgan fingerprint density at radius 1 is 1.24 bits per heavy atom. The highest BCUT2D eigenvalue weighted by Gasteiger charge is 2.31. The van der Waals surface area contributed by atoms with Crippen molar-refractivity contribution in [3.05, 3.63) is 58.6 Å². The molecule has 0 radical (unpaired) electrons. The van der Waals surface area contributed by atoms with Gasteiger partial charge in [0, 0.05) is 37.7 Å². The van der Waals surface area contributed by atoms with Crippen LogP contribution in [0.25, 0.3) is 11.5 Å². The molecule has 0 saturated carbocycles. The average Bonchev–Trinajstić information content (AvgIpc) is 3.34. The molecule has 1 amide bonds. The van der Waals surface area contributed by atoms with E-state index in [1.54, 1.807) is 16.5 Å². The first-order valence-corrected chi connectivity index (χ1v) is 9.91. The van der Waals surface area contributed by atoms with E-state index in [-0.39, 0.29) is 29.3 Å². The number of aryl methyl sites for hydroxylation is 1. The van der Waals surface area contributed by atoms with Crippen LogP contribution in [0.5, 0.6) is 0 Å². The molecule has 1 atom stereocenters. The SMILES string of the molecule is CC(C)n1c(C2CCCN(C(=O)c3cnc(-c4ccccc4)o3)C2)nn(C)c1=O. The van der Waals surface area contributed by atoms with Crippen molar-refractivity contribution in [2.24, 2.45) is 7.05 Å². The zero-order valence-electron chi connectivity index (χ0n) is 16.9. The molecule has 1 aliphatic heterocycles. The molecule has 0 bridgehead atoms. The van der Waals surface area contributed by atoms with Gasteiger partial charge in [0.2, 0.25) is 11.7 Å². The first-order valence-electron chi connectivity index (χ1n) is 9.91. The third-order valence-electron chi connectivity index (χ3n) is 5.31. The number of oxazole rings is 1. The summed E-state index contributed by atoms with van der Waals surface area (Å²) in [6.45, 7) is 5.09. The van der Waals surface area contributed by atoms with Gasteiger partial charge < -0.3 is 9.32 Å². The minimum absolute atomic E-state index is 0.0139. The first-order chi connectivity index (χ1) is 14.0. The van der Waals surface area contributed by atoms with Crippen molar-refractivity contribution < 1.29 is 9.21 Å². The summed E-state index contributed by atoms with van der Waals surface area (Å²) in [7, 11) is 1.66. The van der Waals surface area contributed by atoms with E-state index in [0.29, 0.717) is 19.0 Å². The molecule has 152 valence electrons. The van der Waals surface area contributed by atoms with E-state index < -0.39 is 0 Å². The summed E-state index contributed by atoms with van der Waals surface area (Å²) in [6, 6.07) is 9.52. The molecule has 4 rings (SSSR count). The topological polar surface area (TPSA) is 86.2 Å². The van der Waals surface area contributed by atoms with E-state index in [9.17, 15) is 9.59 Å². The minimum atomic E-state index is -0.182. The number of hydrogen-bond acceptors (Lipinski definition) is 5. The van der Waals surface area contributed by atoms with Crippen LogP contribution in [0, 0.1) is 0 Å².